The lowest BCUT2D eigenvalue weighted by atomic mass is 10.1. The summed E-state index contributed by atoms with van der Waals surface area (Å²) in [6.07, 6.45) is 0. The molecule has 0 radical (unpaired) electrons. The molecule has 2 nitrogen and oxygen atoms in total. The number of benzene rings is 2. The van der Waals surface area contributed by atoms with Gasteiger partial charge in [-0.25, -0.2) is 0 Å². The van der Waals surface area contributed by atoms with E-state index >= 15 is 0 Å². The van der Waals surface area contributed by atoms with Crippen LogP contribution >= 0.6 is 23.4 Å². The average Bonchev–Trinajstić information content (AvgIpc) is 2.52. The van der Waals surface area contributed by atoms with E-state index in [9.17, 15) is 0 Å². The molecule has 21 heavy (non-hydrogen) atoms. The van der Waals surface area contributed by atoms with Crippen LogP contribution in [0.2, 0.25) is 5.02 Å². The maximum atomic E-state index is 5.90. The highest BCUT2D eigenvalue weighted by Crippen LogP contribution is 2.30. The molecule has 0 aliphatic heterocycles. The van der Waals surface area contributed by atoms with Gasteiger partial charge >= 0.3 is 0 Å². The fourth-order valence-corrected chi connectivity index (χ4v) is 2.86. The molecule has 0 aliphatic carbocycles. The highest BCUT2D eigenvalue weighted by Gasteiger charge is 2.07. The zero-order valence-corrected chi connectivity index (χ0v) is 13.0. The normalized spacial score (nSPS) is 10.6. The Kier molecular flexibility index (Phi) is 4.23. The van der Waals surface area contributed by atoms with Gasteiger partial charge < -0.3 is 0 Å². The molecule has 0 spiro atoms. The first-order valence-electron chi connectivity index (χ1n) is 6.55. The van der Waals surface area contributed by atoms with E-state index in [1.165, 1.54) is 0 Å². The van der Waals surface area contributed by atoms with Gasteiger partial charge in [0.1, 0.15) is 5.03 Å². The molecule has 0 amide bonds. The second-order valence-corrected chi connectivity index (χ2v) is 6.14. The van der Waals surface area contributed by atoms with Crippen LogP contribution in [0.1, 0.15) is 5.56 Å². The standard InChI is InChI=1S/C17H13ClN2S/c1-12-11-16(13-5-3-2-4-6-13)19-20-17(12)21-15-9-7-14(18)8-10-15/h2-11H,1H3. The fourth-order valence-electron chi connectivity index (χ4n) is 1.94. The molecular weight excluding hydrogens is 300 g/mol. The lowest BCUT2D eigenvalue weighted by Gasteiger charge is -2.06. The van der Waals surface area contributed by atoms with Gasteiger partial charge in [-0.15, -0.1) is 10.2 Å². The van der Waals surface area contributed by atoms with Gasteiger partial charge in [-0.1, -0.05) is 53.7 Å². The molecule has 3 rings (SSSR count). The molecule has 0 saturated carbocycles. The summed E-state index contributed by atoms with van der Waals surface area (Å²) in [6, 6.07) is 19.9. The van der Waals surface area contributed by atoms with E-state index in [0.717, 1.165) is 31.8 Å². The van der Waals surface area contributed by atoms with Gasteiger partial charge in [0.2, 0.25) is 0 Å². The molecule has 0 N–H and O–H groups in total. The molecule has 4 heteroatoms. The Balaban J connectivity index is 1.86. The summed E-state index contributed by atoms with van der Waals surface area (Å²) >= 11 is 7.49. The third kappa shape index (κ3) is 3.43. The molecule has 104 valence electrons. The summed E-state index contributed by atoms with van der Waals surface area (Å²) in [6.45, 7) is 2.05. The van der Waals surface area contributed by atoms with Gasteiger partial charge in [0.15, 0.2) is 0 Å². The molecule has 0 fully saturated rings. The third-order valence-electron chi connectivity index (χ3n) is 3.04. The maximum Gasteiger partial charge on any atom is 0.126 e. The average molecular weight is 313 g/mol. The Morgan fingerprint density at radius 3 is 2.29 bits per heavy atom. The number of aryl methyl sites for hydroxylation is 1. The highest BCUT2D eigenvalue weighted by atomic mass is 35.5. The Morgan fingerprint density at radius 2 is 1.62 bits per heavy atom. The van der Waals surface area contributed by atoms with Gasteiger partial charge in [-0.2, -0.15) is 0 Å². The van der Waals surface area contributed by atoms with E-state index < -0.39 is 0 Å². The van der Waals surface area contributed by atoms with Crippen LogP contribution in [-0.2, 0) is 0 Å². The predicted octanol–water partition coefficient (Wildman–Crippen LogP) is 5.26. The SMILES string of the molecule is Cc1cc(-c2ccccc2)nnc1Sc1ccc(Cl)cc1. The lowest BCUT2D eigenvalue weighted by Crippen LogP contribution is -1.93. The van der Waals surface area contributed by atoms with Crippen LogP contribution in [0.25, 0.3) is 11.3 Å². The quantitative estimate of drug-likeness (QED) is 0.660. The van der Waals surface area contributed by atoms with Crippen molar-refractivity contribution >= 4 is 23.4 Å². The number of halogens is 1. The first kappa shape index (κ1) is 14.1. The van der Waals surface area contributed by atoms with E-state index in [0.29, 0.717) is 0 Å². The van der Waals surface area contributed by atoms with Crippen molar-refractivity contribution in [1.29, 1.82) is 0 Å². The zero-order valence-electron chi connectivity index (χ0n) is 11.5. The minimum atomic E-state index is 0.738. The van der Waals surface area contributed by atoms with Crippen molar-refractivity contribution < 1.29 is 0 Å². The Hall–Kier alpha value is -1.84. The van der Waals surface area contributed by atoms with E-state index in [1.54, 1.807) is 11.8 Å². The van der Waals surface area contributed by atoms with E-state index in [1.807, 2.05) is 54.6 Å². The second-order valence-electron chi connectivity index (χ2n) is 4.64. The van der Waals surface area contributed by atoms with Crippen LogP contribution < -0.4 is 0 Å². The lowest BCUT2D eigenvalue weighted by molar-refractivity contribution is 0.912. The van der Waals surface area contributed by atoms with Crippen molar-refractivity contribution in [3.8, 4) is 11.3 Å². The summed E-state index contributed by atoms with van der Waals surface area (Å²) in [5, 5.41) is 10.3. The first-order chi connectivity index (χ1) is 10.2. The molecule has 3 aromatic rings. The predicted molar refractivity (Wildman–Crippen MR) is 87.8 cm³/mol. The molecule has 0 bridgehead atoms. The molecule has 0 saturated heterocycles. The molecule has 1 aromatic heterocycles. The van der Waals surface area contributed by atoms with E-state index in [-0.39, 0.29) is 0 Å². The molecule has 0 aliphatic rings. The van der Waals surface area contributed by atoms with Crippen LogP contribution in [0.5, 0.6) is 0 Å². The Morgan fingerprint density at radius 1 is 0.905 bits per heavy atom. The van der Waals surface area contributed by atoms with Crippen molar-refractivity contribution in [2.45, 2.75) is 16.8 Å². The van der Waals surface area contributed by atoms with Gasteiger partial charge in [-0.3, -0.25) is 0 Å². The minimum Gasteiger partial charge on any atom is -0.149 e. The molecular formula is C17H13ClN2S. The fraction of sp³-hybridized carbons (Fsp3) is 0.0588. The number of hydrogen-bond acceptors (Lipinski definition) is 3. The summed E-state index contributed by atoms with van der Waals surface area (Å²) in [4.78, 5) is 1.10. The van der Waals surface area contributed by atoms with Gasteiger partial charge in [-0.05, 0) is 42.8 Å². The van der Waals surface area contributed by atoms with Crippen LogP contribution in [0.3, 0.4) is 0 Å². The van der Waals surface area contributed by atoms with Crippen molar-refractivity contribution in [3.05, 3.63) is 71.2 Å². The topological polar surface area (TPSA) is 25.8 Å². The van der Waals surface area contributed by atoms with Gasteiger partial charge in [0.05, 0.1) is 5.69 Å². The Bertz CT molecular complexity index is 742. The largest absolute Gasteiger partial charge is 0.149 e. The van der Waals surface area contributed by atoms with Crippen molar-refractivity contribution in [3.63, 3.8) is 0 Å². The Labute approximate surface area is 133 Å². The van der Waals surface area contributed by atoms with Gasteiger partial charge in [0.25, 0.3) is 0 Å². The van der Waals surface area contributed by atoms with Crippen LogP contribution in [0.4, 0.5) is 0 Å². The summed E-state index contributed by atoms with van der Waals surface area (Å²) in [5.74, 6) is 0. The van der Waals surface area contributed by atoms with Crippen molar-refractivity contribution in [2.24, 2.45) is 0 Å². The number of nitrogens with zero attached hydrogens (tertiary/aromatic N) is 2. The van der Waals surface area contributed by atoms with E-state index in [4.69, 9.17) is 11.6 Å². The number of rotatable bonds is 3. The van der Waals surface area contributed by atoms with Gasteiger partial charge in [0, 0.05) is 15.5 Å². The first-order valence-corrected chi connectivity index (χ1v) is 7.75. The van der Waals surface area contributed by atoms with E-state index in [2.05, 4.69) is 23.2 Å². The summed E-state index contributed by atoms with van der Waals surface area (Å²) in [5.41, 5.74) is 3.09. The van der Waals surface area contributed by atoms with Crippen LogP contribution in [0, 0.1) is 6.92 Å². The minimum absolute atomic E-state index is 0.738. The maximum absolute atomic E-state index is 5.90. The molecule has 1 heterocycles. The zero-order chi connectivity index (χ0) is 14.7. The smallest absolute Gasteiger partial charge is 0.126 e. The van der Waals surface area contributed by atoms with Crippen LogP contribution in [-0.4, -0.2) is 10.2 Å². The van der Waals surface area contributed by atoms with Crippen molar-refractivity contribution in [2.75, 3.05) is 0 Å². The summed E-state index contributed by atoms with van der Waals surface area (Å²) < 4.78 is 0. The van der Waals surface area contributed by atoms with Crippen molar-refractivity contribution in [1.82, 2.24) is 10.2 Å². The third-order valence-corrected chi connectivity index (χ3v) is 4.39. The van der Waals surface area contributed by atoms with Crippen LogP contribution in [0.15, 0.2) is 70.6 Å². The highest BCUT2D eigenvalue weighted by molar-refractivity contribution is 7.99. The number of hydrogen-bond donors (Lipinski definition) is 0. The molecule has 0 unspecified atom stereocenters. The molecule has 2 aromatic carbocycles. The monoisotopic (exact) mass is 312 g/mol. The summed E-state index contributed by atoms with van der Waals surface area (Å²) in [7, 11) is 0. The number of aromatic nitrogens is 2. The second kappa shape index (κ2) is 6.29. The molecule has 0 atom stereocenters.